The summed E-state index contributed by atoms with van der Waals surface area (Å²) in [5.74, 6) is 0. The second-order valence-electron chi connectivity index (χ2n) is 5.35. The zero-order valence-corrected chi connectivity index (χ0v) is 13.3. The first-order valence-corrected chi connectivity index (χ1v) is 7.36. The van der Waals surface area contributed by atoms with Gasteiger partial charge in [0.15, 0.2) is 0 Å². The van der Waals surface area contributed by atoms with Gasteiger partial charge >= 0.3 is 0 Å². The Morgan fingerprint density at radius 1 is 0.737 bits per heavy atom. The van der Waals surface area contributed by atoms with Crippen LogP contribution in [0.5, 0.6) is 0 Å². The van der Waals surface area contributed by atoms with Crippen LogP contribution in [-0.2, 0) is 0 Å². The molecule has 0 heterocycles. The number of allylic oxidation sites excluding steroid dienone is 3. The van der Waals surface area contributed by atoms with Crippen LogP contribution in [0.4, 0.5) is 0 Å². The van der Waals surface area contributed by atoms with Crippen molar-refractivity contribution in [3.05, 3.63) is 38.0 Å². The van der Waals surface area contributed by atoms with Crippen molar-refractivity contribution in [3.63, 3.8) is 0 Å². The van der Waals surface area contributed by atoms with Gasteiger partial charge in [0, 0.05) is 0 Å². The normalized spacial score (nSPS) is 10.6. The SMILES string of the molecule is C=CCC(CC=C)(CC=C)CCCCCCC[NH3+].[Cl-]. The Bertz CT molecular complexity index is 209. The Morgan fingerprint density at radius 3 is 1.58 bits per heavy atom. The molecule has 19 heavy (non-hydrogen) atoms. The van der Waals surface area contributed by atoms with Crippen molar-refractivity contribution < 1.29 is 18.1 Å². The summed E-state index contributed by atoms with van der Waals surface area (Å²) in [4.78, 5) is 0. The van der Waals surface area contributed by atoms with Crippen LogP contribution in [-0.4, -0.2) is 6.54 Å². The van der Waals surface area contributed by atoms with Crippen LogP contribution in [0, 0.1) is 5.41 Å². The number of hydrogen-bond acceptors (Lipinski definition) is 0. The van der Waals surface area contributed by atoms with Crippen molar-refractivity contribution >= 4 is 0 Å². The smallest absolute Gasteiger partial charge is 0.0739 e. The van der Waals surface area contributed by atoms with E-state index in [-0.39, 0.29) is 12.4 Å². The highest BCUT2D eigenvalue weighted by Crippen LogP contribution is 2.38. The molecule has 0 aromatic heterocycles. The van der Waals surface area contributed by atoms with Gasteiger partial charge in [-0.15, -0.1) is 19.7 Å². The van der Waals surface area contributed by atoms with Gasteiger partial charge in [-0.25, -0.2) is 0 Å². The van der Waals surface area contributed by atoms with Gasteiger partial charge in [-0.05, 0) is 43.9 Å². The summed E-state index contributed by atoms with van der Waals surface area (Å²) in [6.45, 7) is 12.8. The van der Waals surface area contributed by atoms with Crippen LogP contribution < -0.4 is 18.1 Å². The Hall–Kier alpha value is -0.530. The molecule has 0 fully saturated rings. The molecule has 3 N–H and O–H groups in total. The Labute approximate surface area is 126 Å². The van der Waals surface area contributed by atoms with E-state index in [4.69, 9.17) is 0 Å². The van der Waals surface area contributed by atoms with E-state index in [9.17, 15) is 0 Å². The van der Waals surface area contributed by atoms with Crippen molar-refractivity contribution in [1.82, 2.24) is 0 Å². The molecule has 0 atom stereocenters. The molecule has 0 amide bonds. The van der Waals surface area contributed by atoms with Gasteiger partial charge in [-0.1, -0.05) is 37.5 Å². The van der Waals surface area contributed by atoms with Gasteiger partial charge < -0.3 is 18.1 Å². The van der Waals surface area contributed by atoms with E-state index >= 15 is 0 Å². The molecular weight excluding hydrogens is 254 g/mol. The summed E-state index contributed by atoms with van der Waals surface area (Å²) in [5.41, 5.74) is 4.21. The molecule has 0 rings (SSSR count). The van der Waals surface area contributed by atoms with E-state index in [2.05, 4.69) is 43.7 Å². The minimum absolute atomic E-state index is 0. The Balaban J connectivity index is 0. The summed E-state index contributed by atoms with van der Waals surface area (Å²) in [5, 5.41) is 0. The molecule has 0 saturated carbocycles. The average molecular weight is 286 g/mol. The number of halogens is 1. The highest BCUT2D eigenvalue weighted by Gasteiger charge is 2.25. The Morgan fingerprint density at radius 2 is 1.16 bits per heavy atom. The van der Waals surface area contributed by atoms with Crippen molar-refractivity contribution in [1.29, 1.82) is 0 Å². The third-order valence-corrected chi connectivity index (χ3v) is 3.69. The number of hydrogen-bond donors (Lipinski definition) is 1. The fourth-order valence-corrected chi connectivity index (χ4v) is 2.68. The van der Waals surface area contributed by atoms with Gasteiger partial charge in [0.05, 0.1) is 6.54 Å². The number of unbranched alkanes of at least 4 members (excludes halogenated alkanes) is 4. The predicted molar refractivity (Wildman–Crippen MR) is 82.3 cm³/mol. The molecule has 2 heteroatoms. The second-order valence-corrected chi connectivity index (χ2v) is 5.35. The molecule has 0 aliphatic carbocycles. The lowest BCUT2D eigenvalue weighted by atomic mass is 9.74. The molecule has 112 valence electrons. The van der Waals surface area contributed by atoms with Crippen LogP contribution in [0.1, 0.15) is 57.8 Å². The molecule has 0 aromatic carbocycles. The third-order valence-electron chi connectivity index (χ3n) is 3.69. The zero-order valence-electron chi connectivity index (χ0n) is 12.5. The van der Waals surface area contributed by atoms with Crippen LogP contribution in [0.2, 0.25) is 0 Å². The van der Waals surface area contributed by atoms with E-state index in [0.29, 0.717) is 5.41 Å². The molecule has 0 bridgehead atoms. The van der Waals surface area contributed by atoms with Gasteiger partial charge in [0.2, 0.25) is 0 Å². The fourth-order valence-electron chi connectivity index (χ4n) is 2.68. The first kappa shape index (κ1) is 20.8. The molecule has 0 aliphatic heterocycles. The molecule has 0 unspecified atom stereocenters. The first-order valence-electron chi connectivity index (χ1n) is 7.36. The van der Waals surface area contributed by atoms with Crippen molar-refractivity contribution in [2.75, 3.05) is 6.54 Å². The molecule has 0 spiro atoms. The topological polar surface area (TPSA) is 27.6 Å². The van der Waals surface area contributed by atoms with Gasteiger partial charge in [-0.2, -0.15) is 0 Å². The van der Waals surface area contributed by atoms with Crippen LogP contribution in [0.15, 0.2) is 38.0 Å². The van der Waals surface area contributed by atoms with Crippen molar-refractivity contribution in [2.45, 2.75) is 57.8 Å². The van der Waals surface area contributed by atoms with Crippen molar-refractivity contribution in [2.24, 2.45) is 5.41 Å². The van der Waals surface area contributed by atoms with Crippen LogP contribution >= 0.6 is 0 Å². The van der Waals surface area contributed by atoms with E-state index in [1.807, 2.05) is 0 Å². The summed E-state index contributed by atoms with van der Waals surface area (Å²) in [7, 11) is 0. The van der Waals surface area contributed by atoms with Crippen LogP contribution in [0.25, 0.3) is 0 Å². The maximum atomic E-state index is 3.90. The van der Waals surface area contributed by atoms with E-state index in [1.54, 1.807) is 0 Å². The summed E-state index contributed by atoms with van der Waals surface area (Å²) < 4.78 is 0. The van der Waals surface area contributed by atoms with E-state index in [1.165, 1.54) is 38.5 Å². The largest absolute Gasteiger partial charge is 1.00 e. The molecule has 0 radical (unpaired) electrons. The highest BCUT2D eigenvalue weighted by molar-refractivity contribution is 4.95. The quantitative estimate of drug-likeness (QED) is 0.390. The maximum absolute atomic E-state index is 3.90. The van der Waals surface area contributed by atoms with Gasteiger partial charge in [0.1, 0.15) is 0 Å². The van der Waals surface area contributed by atoms with Crippen molar-refractivity contribution in [3.8, 4) is 0 Å². The van der Waals surface area contributed by atoms with E-state index in [0.717, 1.165) is 25.8 Å². The summed E-state index contributed by atoms with van der Waals surface area (Å²) in [6, 6.07) is 0. The minimum Gasteiger partial charge on any atom is -1.00 e. The second kappa shape index (κ2) is 13.9. The zero-order chi connectivity index (χ0) is 13.7. The van der Waals surface area contributed by atoms with Crippen LogP contribution in [0.3, 0.4) is 0 Å². The highest BCUT2D eigenvalue weighted by atomic mass is 35.5. The standard InChI is InChI=1S/C17H31N.ClH/c1-4-12-17(13-5-2,14-6-3)15-10-8-7-9-11-16-18;/h4-6H,1-3,7-16,18H2;1H. The first-order chi connectivity index (χ1) is 8.74. The molecule has 0 aliphatic rings. The minimum atomic E-state index is 0. The monoisotopic (exact) mass is 285 g/mol. The summed E-state index contributed by atoms with van der Waals surface area (Å²) >= 11 is 0. The van der Waals surface area contributed by atoms with E-state index < -0.39 is 0 Å². The lowest BCUT2D eigenvalue weighted by Crippen LogP contribution is -3.00. The third kappa shape index (κ3) is 9.98. The van der Waals surface area contributed by atoms with Gasteiger partial charge in [0.25, 0.3) is 0 Å². The number of quaternary nitrogens is 1. The maximum Gasteiger partial charge on any atom is 0.0739 e. The fraction of sp³-hybridized carbons (Fsp3) is 0.647. The summed E-state index contributed by atoms with van der Waals surface area (Å²) in [6.07, 6.45) is 17.3. The molecule has 0 aromatic rings. The lowest BCUT2D eigenvalue weighted by Gasteiger charge is -2.31. The number of rotatable bonds is 13. The lowest BCUT2D eigenvalue weighted by molar-refractivity contribution is -0.368. The van der Waals surface area contributed by atoms with Gasteiger partial charge in [-0.3, -0.25) is 0 Å². The molecule has 0 saturated heterocycles. The molecular formula is C17H32ClN. The molecule has 1 nitrogen and oxygen atoms in total. The predicted octanol–water partition coefficient (Wildman–Crippen LogP) is 1.29. The average Bonchev–Trinajstić information content (AvgIpc) is 2.35. The Kier molecular flexibility index (Phi) is 15.2.